The summed E-state index contributed by atoms with van der Waals surface area (Å²) in [4.78, 5) is 43.9. The van der Waals surface area contributed by atoms with Crippen molar-refractivity contribution >= 4 is 35.8 Å². The molecular weight excluding hydrogens is 292 g/mol. The third-order valence-electron chi connectivity index (χ3n) is 2.19. The van der Waals surface area contributed by atoms with Crippen LogP contribution in [-0.2, 0) is 33.4 Å². The molecule has 114 valence electrons. The number of rotatable bonds is 7. The van der Waals surface area contributed by atoms with Crippen LogP contribution in [0.5, 0.6) is 0 Å². The van der Waals surface area contributed by atoms with E-state index in [1.165, 1.54) is 13.8 Å². The van der Waals surface area contributed by atoms with Crippen LogP contribution in [0.2, 0.25) is 0 Å². The fraction of sp³-hybridized carbons (Fsp3) is 0.667. The highest BCUT2D eigenvalue weighted by molar-refractivity contribution is 6.28. The molecule has 0 unspecified atom stereocenters. The highest BCUT2D eigenvalue weighted by atomic mass is 35.5. The van der Waals surface area contributed by atoms with Crippen LogP contribution in [0.25, 0.3) is 0 Å². The molecule has 0 fully saturated rings. The molecule has 0 saturated heterocycles. The molecule has 0 aromatic carbocycles. The Balaban J connectivity index is 5.27. The van der Waals surface area contributed by atoms with Crippen LogP contribution in [0, 0.1) is 0 Å². The smallest absolute Gasteiger partial charge is 0.303 e. The molecule has 0 spiro atoms. The summed E-state index contributed by atoms with van der Waals surface area (Å²) in [5.41, 5.74) is 0. The van der Waals surface area contributed by atoms with Crippen molar-refractivity contribution in [1.29, 1.82) is 0 Å². The molecule has 0 aromatic rings. The molecule has 0 aromatic heterocycles. The second-order valence-corrected chi connectivity index (χ2v) is 4.55. The zero-order valence-corrected chi connectivity index (χ0v) is 12.4. The number of carbonyl (C=O) groups excluding carboxylic acids is 4. The Morgan fingerprint density at radius 3 is 1.65 bits per heavy atom. The van der Waals surface area contributed by atoms with Crippen molar-refractivity contribution in [2.75, 3.05) is 0 Å². The number of alkyl halides is 1. The molecular formula is C12H17ClO7. The maximum Gasteiger partial charge on any atom is 0.303 e. The Labute approximate surface area is 121 Å². The van der Waals surface area contributed by atoms with Crippen molar-refractivity contribution in [3.63, 3.8) is 0 Å². The summed E-state index contributed by atoms with van der Waals surface area (Å²) >= 11 is 5.76. The normalized spacial score (nSPS) is 16.2. The van der Waals surface area contributed by atoms with E-state index in [0.29, 0.717) is 6.29 Å². The SMILES string of the molecule is CC(=O)O[C@H]([C@H](OC(C)=O)[C@H](C)OC(C)=O)[C@H](Cl)C=O. The van der Waals surface area contributed by atoms with Crippen LogP contribution in [0.15, 0.2) is 0 Å². The lowest BCUT2D eigenvalue weighted by Crippen LogP contribution is -2.48. The van der Waals surface area contributed by atoms with Crippen LogP contribution in [0.4, 0.5) is 0 Å². The number of halogens is 1. The molecule has 0 amide bonds. The summed E-state index contributed by atoms with van der Waals surface area (Å²) in [5, 5.41) is -1.25. The van der Waals surface area contributed by atoms with Gasteiger partial charge in [-0.05, 0) is 6.92 Å². The molecule has 8 heteroatoms. The lowest BCUT2D eigenvalue weighted by atomic mass is 10.1. The van der Waals surface area contributed by atoms with E-state index in [1.54, 1.807) is 0 Å². The Morgan fingerprint density at radius 2 is 1.30 bits per heavy atom. The second-order valence-electron chi connectivity index (χ2n) is 4.04. The summed E-state index contributed by atoms with van der Waals surface area (Å²) in [6.07, 6.45) is -3.05. The van der Waals surface area contributed by atoms with Gasteiger partial charge < -0.3 is 19.0 Å². The molecule has 0 aliphatic carbocycles. The predicted octanol–water partition coefficient (Wildman–Crippen LogP) is 0.608. The summed E-state index contributed by atoms with van der Waals surface area (Å²) in [6, 6.07) is 0. The maximum atomic E-state index is 11.1. The van der Waals surface area contributed by atoms with Crippen molar-refractivity contribution in [1.82, 2.24) is 0 Å². The van der Waals surface area contributed by atoms with E-state index in [0.717, 1.165) is 13.8 Å². The molecule has 0 heterocycles. The van der Waals surface area contributed by atoms with Gasteiger partial charge in [0.2, 0.25) is 0 Å². The molecule has 0 rings (SSSR count). The number of ether oxygens (including phenoxy) is 3. The molecule has 0 saturated carbocycles. The van der Waals surface area contributed by atoms with Crippen LogP contribution in [0.3, 0.4) is 0 Å². The zero-order chi connectivity index (χ0) is 15.9. The average molecular weight is 309 g/mol. The minimum absolute atomic E-state index is 0.339. The molecule has 7 nitrogen and oxygen atoms in total. The first-order valence-electron chi connectivity index (χ1n) is 5.80. The van der Waals surface area contributed by atoms with Gasteiger partial charge in [0.15, 0.2) is 12.2 Å². The van der Waals surface area contributed by atoms with Crippen molar-refractivity contribution in [3.8, 4) is 0 Å². The third-order valence-corrected chi connectivity index (χ3v) is 2.54. The van der Waals surface area contributed by atoms with E-state index >= 15 is 0 Å². The fourth-order valence-electron chi connectivity index (χ4n) is 1.53. The minimum Gasteiger partial charge on any atom is -0.459 e. The van der Waals surface area contributed by atoms with Gasteiger partial charge in [-0.3, -0.25) is 14.4 Å². The van der Waals surface area contributed by atoms with E-state index in [1.807, 2.05) is 0 Å². The Morgan fingerprint density at radius 1 is 0.900 bits per heavy atom. The first kappa shape index (κ1) is 18.4. The van der Waals surface area contributed by atoms with Crippen molar-refractivity contribution in [3.05, 3.63) is 0 Å². The maximum absolute atomic E-state index is 11.1. The standard InChI is InChI=1S/C12H17ClO7/c1-6(18-7(2)15)11(19-8(3)16)12(10(13)5-14)20-9(4)17/h5-6,10-12H,1-4H3/t6-,10+,11+,12-/m0/s1. The molecule has 0 radical (unpaired) electrons. The summed E-state index contributed by atoms with van der Waals surface area (Å²) < 4.78 is 14.7. The number of carbonyl (C=O) groups is 4. The second kappa shape index (κ2) is 8.52. The average Bonchev–Trinajstić information content (AvgIpc) is 2.30. The summed E-state index contributed by atoms with van der Waals surface area (Å²) in [7, 11) is 0. The lowest BCUT2D eigenvalue weighted by molar-refractivity contribution is -0.181. The largest absolute Gasteiger partial charge is 0.459 e. The van der Waals surface area contributed by atoms with E-state index < -0.39 is 41.6 Å². The van der Waals surface area contributed by atoms with E-state index in [9.17, 15) is 19.2 Å². The molecule has 0 aliphatic heterocycles. The fourth-order valence-corrected chi connectivity index (χ4v) is 1.73. The van der Waals surface area contributed by atoms with Crippen LogP contribution in [-0.4, -0.2) is 47.9 Å². The minimum atomic E-state index is -1.26. The quantitative estimate of drug-likeness (QED) is 0.294. The number of hydrogen-bond donors (Lipinski definition) is 0. The molecule has 20 heavy (non-hydrogen) atoms. The third kappa shape index (κ3) is 6.51. The molecule has 4 atom stereocenters. The Bertz CT molecular complexity index is 382. The monoisotopic (exact) mass is 308 g/mol. The Hall–Kier alpha value is -1.63. The van der Waals surface area contributed by atoms with Crippen LogP contribution in [0.1, 0.15) is 27.7 Å². The van der Waals surface area contributed by atoms with Gasteiger partial charge in [-0.15, -0.1) is 11.6 Å². The first-order chi connectivity index (χ1) is 9.18. The van der Waals surface area contributed by atoms with Gasteiger partial charge in [0.25, 0.3) is 0 Å². The van der Waals surface area contributed by atoms with E-state index in [4.69, 9.17) is 25.8 Å². The van der Waals surface area contributed by atoms with E-state index in [2.05, 4.69) is 0 Å². The van der Waals surface area contributed by atoms with Crippen molar-refractivity contribution < 1.29 is 33.4 Å². The molecule has 0 N–H and O–H groups in total. The summed E-state index contributed by atoms with van der Waals surface area (Å²) in [6.45, 7) is 4.84. The van der Waals surface area contributed by atoms with Gasteiger partial charge in [-0.1, -0.05) is 0 Å². The Kier molecular flexibility index (Phi) is 7.83. The number of esters is 3. The number of hydrogen-bond acceptors (Lipinski definition) is 7. The van der Waals surface area contributed by atoms with Gasteiger partial charge >= 0.3 is 17.9 Å². The molecule has 0 aliphatic rings. The topological polar surface area (TPSA) is 96.0 Å². The highest BCUT2D eigenvalue weighted by Crippen LogP contribution is 2.19. The first-order valence-corrected chi connectivity index (χ1v) is 6.23. The van der Waals surface area contributed by atoms with Crippen molar-refractivity contribution in [2.24, 2.45) is 0 Å². The highest BCUT2D eigenvalue weighted by Gasteiger charge is 2.38. The van der Waals surface area contributed by atoms with Gasteiger partial charge in [-0.2, -0.15) is 0 Å². The van der Waals surface area contributed by atoms with Gasteiger partial charge in [0.05, 0.1) is 0 Å². The van der Waals surface area contributed by atoms with Crippen molar-refractivity contribution in [2.45, 2.75) is 51.4 Å². The van der Waals surface area contributed by atoms with Gasteiger partial charge in [0, 0.05) is 20.8 Å². The predicted molar refractivity (Wildman–Crippen MR) is 68.0 cm³/mol. The molecule has 0 bridgehead atoms. The van der Waals surface area contributed by atoms with Crippen LogP contribution >= 0.6 is 11.6 Å². The van der Waals surface area contributed by atoms with E-state index in [-0.39, 0.29) is 0 Å². The summed E-state index contributed by atoms with van der Waals surface area (Å²) in [5.74, 6) is -2.02. The van der Waals surface area contributed by atoms with Crippen LogP contribution < -0.4 is 0 Å². The van der Waals surface area contributed by atoms with Gasteiger partial charge in [-0.25, -0.2) is 0 Å². The van der Waals surface area contributed by atoms with Gasteiger partial charge in [0.1, 0.15) is 17.8 Å². The number of aldehydes is 1. The zero-order valence-electron chi connectivity index (χ0n) is 11.6. The lowest BCUT2D eigenvalue weighted by Gasteiger charge is -2.30.